The fraction of sp³-hybridized carbons (Fsp3) is 0.0392. The number of rotatable bonds is 5. The summed E-state index contributed by atoms with van der Waals surface area (Å²) in [5, 5.41) is 14.2. The first kappa shape index (κ1) is 31.9. The number of hydrogen-bond donors (Lipinski definition) is 2. The molecule has 0 aliphatic carbocycles. The highest BCUT2D eigenvalue weighted by molar-refractivity contribution is 6.16. The standard InChI is InChI=1S/C51H34N4O2/c1-3-13-31(14-4-1)49-52-50(32-15-5-2-6-16-32)54-51(53-49)34-26-28-44-40(29-34)38-27-25-33(30-46(38)56-44)35-19-11-20-39-47-43(23-12-24-45(47)57-48(35)39)55-41-21-9-7-17-36(41)37-18-8-10-22-42(37)55/h1-30,49,51,53H,(H,52,54). The van der Waals surface area contributed by atoms with Gasteiger partial charge in [0.25, 0.3) is 0 Å². The highest BCUT2D eigenvalue weighted by Crippen LogP contribution is 2.42. The van der Waals surface area contributed by atoms with Gasteiger partial charge in [-0.05, 0) is 65.2 Å². The highest BCUT2D eigenvalue weighted by Gasteiger charge is 2.26. The average Bonchev–Trinajstić information content (AvgIpc) is 3.96. The Balaban J connectivity index is 0.950. The van der Waals surface area contributed by atoms with Crippen LogP contribution in [0.15, 0.2) is 196 Å². The van der Waals surface area contributed by atoms with E-state index in [1.54, 1.807) is 0 Å². The molecule has 8 aromatic carbocycles. The zero-order chi connectivity index (χ0) is 37.5. The number of nitrogens with one attached hydrogen (secondary N) is 2. The Hall–Kier alpha value is -7.41. The van der Waals surface area contributed by atoms with Gasteiger partial charge in [0, 0.05) is 38.1 Å². The van der Waals surface area contributed by atoms with Crippen LogP contribution in [0.5, 0.6) is 0 Å². The molecule has 1 aliphatic heterocycles. The van der Waals surface area contributed by atoms with Crippen LogP contribution in [0, 0.1) is 0 Å². The fourth-order valence-corrected chi connectivity index (χ4v) is 8.85. The molecule has 0 amide bonds. The maximum atomic E-state index is 6.77. The second kappa shape index (κ2) is 12.6. The van der Waals surface area contributed by atoms with Crippen molar-refractivity contribution < 1.29 is 8.83 Å². The molecule has 12 rings (SSSR count). The van der Waals surface area contributed by atoms with Crippen LogP contribution in [0.25, 0.3) is 82.5 Å². The fourth-order valence-electron chi connectivity index (χ4n) is 8.85. The lowest BCUT2D eigenvalue weighted by molar-refractivity contribution is 0.409. The van der Waals surface area contributed by atoms with Gasteiger partial charge in [-0.3, -0.25) is 5.32 Å². The van der Waals surface area contributed by atoms with E-state index in [1.165, 1.54) is 21.8 Å². The number of amidine groups is 1. The minimum atomic E-state index is -0.203. The molecule has 57 heavy (non-hydrogen) atoms. The summed E-state index contributed by atoms with van der Waals surface area (Å²) in [6.07, 6.45) is -0.374. The van der Waals surface area contributed by atoms with Crippen molar-refractivity contribution in [3.05, 3.63) is 199 Å². The van der Waals surface area contributed by atoms with Gasteiger partial charge in [0.2, 0.25) is 0 Å². The normalized spacial score (nSPS) is 15.9. The van der Waals surface area contributed by atoms with Crippen molar-refractivity contribution in [1.29, 1.82) is 0 Å². The molecule has 2 atom stereocenters. The zero-order valence-corrected chi connectivity index (χ0v) is 30.7. The van der Waals surface area contributed by atoms with Gasteiger partial charge < -0.3 is 18.7 Å². The second-order valence-corrected chi connectivity index (χ2v) is 14.8. The summed E-state index contributed by atoms with van der Waals surface area (Å²) in [5.74, 6) is 0.858. The Morgan fingerprint density at radius 1 is 0.474 bits per heavy atom. The first-order valence-corrected chi connectivity index (χ1v) is 19.4. The molecule has 0 saturated carbocycles. The molecule has 2 unspecified atom stereocenters. The van der Waals surface area contributed by atoms with E-state index in [0.717, 1.165) is 83.2 Å². The predicted molar refractivity (Wildman–Crippen MR) is 232 cm³/mol. The Bertz CT molecular complexity index is 3320. The Morgan fingerprint density at radius 3 is 2.00 bits per heavy atom. The SMILES string of the molecule is c1ccc(C2=NC(c3ccccc3)NC(c3ccc4oc5cc(-c6cccc7c6oc6cccc(-n8c9ccccc9c9ccccc98)c67)ccc5c4c3)N2)cc1. The average molecular weight is 735 g/mol. The number of nitrogens with zero attached hydrogens (tertiary/aromatic N) is 2. The Kier molecular flexibility index (Phi) is 7.03. The van der Waals surface area contributed by atoms with Crippen LogP contribution >= 0.6 is 0 Å². The lowest BCUT2D eigenvalue weighted by atomic mass is 10.00. The third kappa shape index (κ3) is 5.04. The monoisotopic (exact) mass is 734 g/mol. The molecule has 11 aromatic rings. The zero-order valence-electron chi connectivity index (χ0n) is 30.7. The number of fused-ring (bicyclic) bond motifs is 9. The molecule has 0 bridgehead atoms. The van der Waals surface area contributed by atoms with Crippen LogP contribution in [-0.4, -0.2) is 10.4 Å². The van der Waals surface area contributed by atoms with E-state index in [-0.39, 0.29) is 12.3 Å². The van der Waals surface area contributed by atoms with Crippen molar-refractivity contribution in [2.24, 2.45) is 4.99 Å². The molecule has 0 saturated heterocycles. The van der Waals surface area contributed by atoms with Crippen LogP contribution in [0.2, 0.25) is 0 Å². The van der Waals surface area contributed by atoms with Gasteiger partial charge in [-0.15, -0.1) is 0 Å². The molecule has 3 aromatic heterocycles. The summed E-state index contributed by atoms with van der Waals surface area (Å²) in [5.41, 5.74) is 12.2. The summed E-state index contributed by atoms with van der Waals surface area (Å²) in [6.45, 7) is 0. The number of aromatic nitrogens is 1. The number of benzene rings is 8. The van der Waals surface area contributed by atoms with Crippen LogP contribution in [-0.2, 0) is 0 Å². The van der Waals surface area contributed by atoms with E-state index < -0.39 is 0 Å². The van der Waals surface area contributed by atoms with Gasteiger partial charge in [0.15, 0.2) is 0 Å². The van der Waals surface area contributed by atoms with E-state index in [4.69, 9.17) is 13.8 Å². The number of aliphatic imine (C=N–C) groups is 1. The summed E-state index contributed by atoms with van der Waals surface area (Å²) in [4.78, 5) is 5.08. The van der Waals surface area contributed by atoms with Gasteiger partial charge in [0.1, 0.15) is 40.5 Å². The molecular weight excluding hydrogens is 701 g/mol. The van der Waals surface area contributed by atoms with Crippen LogP contribution in [0.3, 0.4) is 0 Å². The minimum Gasteiger partial charge on any atom is -0.456 e. The first-order valence-electron chi connectivity index (χ1n) is 19.4. The molecule has 270 valence electrons. The number of para-hydroxylation sites is 3. The maximum Gasteiger partial charge on any atom is 0.143 e. The smallest absolute Gasteiger partial charge is 0.143 e. The topological polar surface area (TPSA) is 67.6 Å². The van der Waals surface area contributed by atoms with Gasteiger partial charge in [-0.25, -0.2) is 4.99 Å². The summed E-state index contributed by atoms with van der Waals surface area (Å²) >= 11 is 0. The molecule has 6 nitrogen and oxygen atoms in total. The molecule has 0 radical (unpaired) electrons. The summed E-state index contributed by atoms with van der Waals surface area (Å²) in [6, 6.07) is 63.7. The van der Waals surface area contributed by atoms with Crippen LogP contribution in [0.4, 0.5) is 0 Å². The number of hydrogen-bond acceptors (Lipinski definition) is 5. The van der Waals surface area contributed by atoms with Crippen molar-refractivity contribution >= 4 is 71.5 Å². The molecule has 6 heteroatoms. The summed E-state index contributed by atoms with van der Waals surface area (Å²) < 4.78 is 15.7. The minimum absolute atomic E-state index is 0.172. The third-order valence-electron chi connectivity index (χ3n) is 11.5. The third-order valence-corrected chi connectivity index (χ3v) is 11.5. The van der Waals surface area contributed by atoms with Crippen molar-refractivity contribution in [2.75, 3.05) is 0 Å². The van der Waals surface area contributed by atoms with Gasteiger partial charge in [0.05, 0.1) is 22.1 Å². The quantitative estimate of drug-likeness (QED) is 0.185. The largest absolute Gasteiger partial charge is 0.456 e. The van der Waals surface area contributed by atoms with Gasteiger partial charge in [-0.2, -0.15) is 0 Å². The van der Waals surface area contributed by atoms with E-state index in [0.29, 0.717) is 0 Å². The summed E-state index contributed by atoms with van der Waals surface area (Å²) in [7, 11) is 0. The predicted octanol–water partition coefficient (Wildman–Crippen LogP) is 12.6. The van der Waals surface area contributed by atoms with Crippen molar-refractivity contribution in [1.82, 2.24) is 15.2 Å². The molecular formula is C51H34N4O2. The lowest BCUT2D eigenvalue weighted by Crippen LogP contribution is -2.44. The van der Waals surface area contributed by atoms with Gasteiger partial charge in [-0.1, -0.05) is 133 Å². The van der Waals surface area contributed by atoms with E-state index in [2.05, 4.69) is 173 Å². The molecule has 1 aliphatic rings. The van der Waals surface area contributed by atoms with Crippen LogP contribution in [0.1, 0.15) is 29.0 Å². The van der Waals surface area contributed by atoms with Gasteiger partial charge >= 0.3 is 0 Å². The van der Waals surface area contributed by atoms with Crippen LogP contribution < -0.4 is 10.6 Å². The van der Waals surface area contributed by atoms with E-state index >= 15 is 0 Å². The Labute approximate surface area is 327 Å². The number of furan rings is 2. The molecule has 0 spiro atoms. The van der Waals surface area contributed by atoms with E-state index in [9.17, 15) is 0 Å². The maximum absolute atomic E-state index is 6.77. The van der Waals surface area contributed by atoms with Crippen molar-refractivity contribution in [3.63, 3.8) is 0 Å². The van der Waals surface area contributed by atoms with Crippen molar-refractivity contribution in [2.45, 2.75) is 12.3 Å². The molecule has 0 fully saturated rings. The molecule has 2 N–H and O–H groups in total. The first-order chi connectivity index (χ1) is 28.2. The van der Waals surface area contributed by atoms with E-state index in [1.807, 2.05) is 24.3 Å². The lowest BCUT2D eigenvalue weighted by Gasteiger charge is -2.32. The highest BCUT2D eigenvalue weighted by atomic mass is 16.3. The second-order valence-electron chi connectivity index (χ2n) is 14.8. The Morgan fingerprint density at radius 2 is 1.19 bits per heavy atom. The molecule has 4 heterocycles. The van der Waals surface area contributed by atoms with Crippen molar-refractivity contribution in [3.8, 4) is 16.8 Å².